The van der Waals surface area contributed by atoms with Gasteiger partial charge in [0.2, 0.25) is 0 Å². The van der Waals surface area contributed by atoms with Gasteiger partial charge in [0.1, 0.15) is 0 Å². The Balaban J connectivity index is 2.19. The lowest BCUT2D eigenvalue weighted by Gasteiger charge is -2.37. The highest BCUT2D eigenvalue weighted by Crippen LogP contribution is 2.38. The van der Waals surface area contributed by atoms with E-state index in [1.54, 1.807) is 0 Å². The van der Waals surface area contributed by atoms with E-state index in [4.69, 9.17) is 4.84 Å². The predicted octanol–water partition coefficient (Wildman–Crippen LogP) is 3.84. The minimum Gasteiger partial charge on any atom is -0.380 e. The number of carbonyl (C=O) groups is 1. The molecule has 0 bridgehead atoms. The molecule has 21 heavy (non-hydrogen) atoms. The molecule has 0 saturated carbocycles. The molecule has 1 aliphatic heterocycles. The second-order valence-corrected chi connectivity index (χ2v) is 7.56. The summed E-state index contributed by atoms with van der Waals surface area (Å²) in [6.07, 6.45) is 1.08. The summed E-state index contributed by atoms with van der Waals surface area (Å²) in [4.78, 5) is 17.5. The first kappa shape index (κ1) is 15.8. The smallest absolute Gasteiger partial charge is 0.274 e. The fourth-order valence-electron chi connectivity index (χ4n) is 2.78. The average molecular weight is 290 g/mol. The third-order valence-corrected chi connectivity index (χ3v) is 3.59. The zero-order valence-corrected chi connectivity index (χ0v) is 13.8. The summed E-state index contributed by atoms with van der Waals surface area (Å²) in [5.41, 5.74) is 5.07. The van der Waals surface area contributed by atoms with Gasteiger partial charge in [-0.15, -0.1) is 0 Å². The second kappa shape index (κ2) is 5.34. The van der Waals surface area contributed by atoms with Crippen molar-refractivity contribution >= 4 is 11.6 Å². The van der Waals surface area contributed by atoms with Crippen molar-refractivity contribution in [2.24, 2.45) is 0 Å². The van der Waals surface area contributed by atoms with Crippen LogP contribution in [0.3, 0.4) is 0 Å². The van der Waals surface area contributed by atoms with Crippen molar-refractivity contribution in [2.75, 3.05) is 5.32 Å². The summed E-state index contributed by atoms with van der Waals surface area (Å²) in [6, 6.07) is 5.80. The second-order valence-electron chi connectivity index (χ2n) is 7.56. The molecule has 1 amide bonds. The monoisotopic (exact) mass is 290 g/mol. The van der Waals surface area contributed by atoms with Gasteiger partial charge < -0.3 is 5.32 Å². The number of nitrogens with one attached hydrogen (secondary N) is 2. The lowest BCUT2D eigenvalue weighted by atomic mass is 9.81. The Morgan fingerprint density at radius 1 is 1.38 bits per heavy atom. The Labute approximate surface area is 127 Å². The molecule has 0 saturated heterocycles. The van der Waals surface area contributed by atoms with Crippen molar-refractivity contribution in [1.82, 2.24) is 5.48 Å². The first-order valence-electron chi connectivity index (χ1n) is 7.48. The van der Waals surface area contributed by atoms with Crippen LogP contribution in [0.2, 0.25) is 0 Å². The molecular weight excluding hydrogens is 264 g/mol. The van der Waals surface area contributed by atoms with Crippen molar-refractivity contribution < 1.29 is 9.63 Å². The molecule has 116 valence electrons. The molecular formula is C17H26N2O2. The third kappa shape index (κ3) is 3.97. The van der Waals surface area contributed by atoms with Gasteiger partial charge in [-0.25, -0.2) is 5.48 Å². The average Bonchev–Trinajstić information content (AvgIpc) is 2.32. The van der Waals surface area contributed by atoms with Gasteiger partial charge in [-0.05, 0) is 64.7 Å². The number of benzene rings is 1. The lowest BCUT2D eigenvalue weighted by Crippen LogP contribution is -2.37. The molecule has 1 aromatic carbocycles. The molecule has 0 aromatic heterocycles. The number of hydroxylamine groups is 1. The van der Waals surface area contributed by atoms with E-state index in [0.29, 0.717) is 11.5 Å². The van der Waals surface area contributed by atoms with Crippen LogP contribution in [0.25, 0.3) is 0 Å². The zero-order valence-electron chi connectivity index (χ0n) is 13.8. The largest absolute Gasteiger partial charge is 0.380 e. The van der Waals surface area contributed by atoms with Gasteiger partial charge in [0.05, 0.1) is 5.60 Å². The standard InChI is InChI=1S/C17H26N2O2/c1-11-10-17(5,6)18-14-9-12(7-8-13(11)14)15(20)19-21-16(2,3)4/h7-9,11,18H,10H2,1-6H3,(H,19,20)/t11-/m1/s1. The van der Waals surface area contributed by atoms with Gasteiger partial charge in [0, 0.05) is 16.8 Å². The van der Waals surface area contributed by atoms with Gasteiger partial charge in [0.15, 0.2) is 0 Å². The van der Waals surface area contributed by atoms with Crippen LogP contribution in [0.1, 0.15) is 69.8 Å². The van der Waals surface area contributed by atoms with Gasteiger partial charge in [0.25, 0.3) is 5.91 Å². The lowest BCUT2D eigenvalue weighted by molar-refractivity contribution is -0.0589. The maximum absolute atomic E-state index is 12.2. The van der Waals surface area contributed by atoms with E-state index < -0.39 is 5.60 Å². The van der Waals surface area contributed by atoms with Crippen LogP contribution in [0.4, 0.5) is 5.69 Å². The summed E-state index contributed by atoms with van der Waals surface area (Å²) in [7, 11) is 0. The van der Waals surface area contributed by atoms with Crippen LogP contribution >= 0.6 is 0 Å². The Hall–Kier alpha value is -1.55. The minimum absolute atomic E-state index is 0.0451. The van der Waals surface area contributed by atoms with Crippen molar-refractivity contribution in [1.29, 1.82) is 0 Å². The number of carbonyl (C=O) groups excluding carboxylic acids is 1. The number of rotatable bonds is 2. The predicted molar refractivity (Wildman–Crippen MR) is 85.5 cm³/mol. The number of anilines is 1. The molecule has 0 fully saturated rings. The first-order chi connectivity index (χ1) is 9.57. The van der Waals surface area contributed by atoms with E-state index in [1.807, 2.05) is 39.0 Å². The van der Waals surface area contributed by atoms with E-state index in [1.165, 1.54) is 5.56 Å². The van der Waals surface area contributed by atoms with Gasteiger partial charge >= 0.3 is 0 Å². The maximum Gasteiger partial charge on any atom is 0.274 e. The van der Waals surface area contributed by atoms with Crippen molar-refractivity contribution in [3.05, 3.63) is 29.3 Å². The molecule has 0 radical (unpaired) electrons. The number of amides is 1. The minimum atomic E-state index is -0.404. The molecule has 1 atom stereocenters. The SMILES string of the molecule is C[C@@H]1CC(C)(C)Nc2cc(C(=O)NOC(C)(C)C)ccc21. The summed E-state index contributed by atoms with van der Waals surface area (Å²) < 4.78 is 0. The van der Waals surface area contributed by atoms with Crippen LogP contribution < -0.4 is 10.8 Å². The molecule has 2 N–H and O–H groups in total. The van der Waals surface area contributed by atoms with Gasteiger partial charge in [-0.2, -0.15) is 0 Å². The Morgan fingerprint density at radius 2 is 2.05 bits per heavy atom. The van der Waals surface area contributed by atoms with E-state index in [-0.39, 0.29) is 11.4 Å². The number of hydrogen-bond donors (Lipinski definition) is 2. The van der Waals surface area contributed by atoms with E-state index in [9.17, 15) is 4.79 Å². The Kier molecular flexibility index (Phi) is 4.02. The fourth-order valence-corrected chi connectivity index (χ4v) is 2.78. The normalized spacial score (nSPS) is 20.4. The summed E-state index contributed by atoms with van der Waals surface area (Å²) in [5.74, 6) is 0.268. The summed E-state index contributed by atoms with van der Waals surface area (Å²) >= 11 is 0. The molecule has 2 rings (SSSR count). The number of hydrogen-bond acceptors (Lipinski definition) is 3. The van der Waals surface area contributed by atoms with Crippen LogP contribution in [0.15, 0.2) is 18.2 Å². The van der Waals surface area contributed by atoms with Crippen LogP contribution in [-0.4, -0.2) is 17.0 Å². The van der Waals surface area contributed by atoms with Crippen LogP contribution in [0, 0.1) is 0 Å². The van der Waals surface area contributed by atoms with E-state index in [0.717, 1.165) is 12.1 Å². The summed E-state index contributed by atoms with van der Waals surface area (Å²) in [5, 5.41) is 3.51. The molecule has 1 aromatic rings. The maximum atomic E-state index is 12.2. The first-order valence-corrected chi connectivity index (χ1v) is 7.48. The quantitative estimate of drug-likeness (QED) is 0.814. The van der Waals surface area contributed by atoms with Gasteiger partial charge in [-0.1, -0.05) is 13.0 Å². The Bertz CT molecular complexity index is 544. The topological polar surface area (TPSA) is 50.4 Å². The molecule has 1 heterocycles. The van der Waals surface area contributed by atoms with E-state index >= 15 is 0 Å². The van der Waals surface area contributed by atoms with E-state index in [2.05, 4.69) is 31.6 Å². The molecule has 0 aliphatic carbocycles. The molecule has 0 unspecified atom stereocenters. The highest BCUT2D eigenvalue weighted by Gasteiger charge is 2.29. The van der Waals surface area contributed by atoms with Crippen molar-refractivity contribution in [3.8, 4) is 0 Å². The van der Waals surface area contributed by atoms with Crippen molar-refractivity contribution in [3.63, 3.8) is 0 Å². The fraction of sp³-hybridized carbons (Fsp3) is 0.588. The zero-order chi connectivity index (χ0) is 15.8. The Morgan fingerprint density at radius 3 is 2.67 bits per heavy atom. The van der Waals surface area contributed by atoms with Crippen molar-refractivity contribution in [2.45, 2.75) is 65.0 Å². The molecule has 4 heteroatoms. The third-order valence-electron chi connectivity index (χ3n) is 3.59. The summed E-state index contributed by atoms with van der Waals surface area (Å²) in [6.45, 7) is 12.3. The highest BCUT2D eigenvalue weighted by atomic mass is 16.7. The molecule has 1 aliphatic rings. The van der Waals surface area contributed by atoms with Crippen LogP contribution in [-0.2, 0) is 4.84 Å². The number of fused-ring (bicyclic) bond motifs is 1. The molecule has 0 spiro atoms. The van der Waals surface area contributed by atoms with Crippen LogP contribution in [0.5, 0.6) is 0 Å². The van der Waals surface area contributed by atoms with Gasteiger partial charge in [-0.3, -0.25) is 9.63 Å². The highest BCUT2D eigenvalue weighted by molar-refractivity contribution is 5.94. The molecule has 4 nitrogen and oxygen atoms in total.